The molecule has 28 heavy (non-hydrogen) atoms. The highest BCUT2D eigenvalue weighted by molar-refractivity contribution is 6.06. The maximum Gasteiger partial charge on any atom is 0.416 e. The molecule has 0 aliphatic heterocycles. The molecule has 0 saturated heterocycles. The first-order valence-electron chi connectivity index (χ1n) is 8.21. The van der Waals surface area contributed by atoms with Gasteiger partial charge in [0, 0.05) is 5.69 Å². The quantitative estimate of drug-likeness (QED) is 0.639. The average Bonchev–Trinajstić information content (AvgIpc) is 2.69. The smallest absolute Gasteiger partial charge is 0.416 e. The second-order valence-corrected chi connectivity index (χ2v) is 5.79. The molecule has 0 aliphatic carbocycles. The number of nitrogens with one attached hydrogen (secondary N) is 2. The van der Waals surface area contributed by atoms with E-state index in [1.54, 1.807) is 36.4 Å². The number of benzene rings is 2. The molecule has 0 bridgehead atoms. The number of alkyl halides is 3. The molecule has 0 fully saturated rings. The summed E-state index contributed by atoms with van der Waals surface area (Å²) in [5.74, 6) is 0.534. The Kier molecular flexibility index (Phi) is 5.49. The number of halogens is 3. The van der Waals surface area contributed by atoms with E-state index in [-0.39, 0.29) is 5.91 Å². The van der Waals surface area contributed by atoms with Crippen molar-refractivity contribution in [3.63, 3.8) is 0 Å². The predicted molar refractivity (Wildman–Crippen MR) is 99.9 cm³/mol. The Balaban J connectivity index is 1.66. The first-order valence-corrected chi connectivity index (χ1v) is 8.21. The fourth-order valence-corrected chi connectivity index (χ4v) is 2.46. The molecule has 1 amide bonds. The van der Waals surface area contributed by atoms with Gasteiger partial charge in [0.05, 0.1) is 30.1 Å². The van der Waals surface area contributed by atoms with Gasteiger partial charge >= 0.3 is 6.18 Å². The Morgan fingerprint density at radius 2 is 1.64 bits per heavy atom. The van der Waals surface area contributed by atoms with Crippen molar-refractivity contribution in [3.05, 3.63) is 78.0 Å². The number of carbonyl (C=O) groups excluding carboxylic acids is 1. The van der Waals surface area contributed by atoms with Crippen molar-refractivity contribution in [1.82, 2.24) is 4.98 Å². The molecule has 0 unspecified atom stereocenters. The lowest BCUT2D eigenvalue weighted by Crippen LogP contribution is -2.13. The minimum Gasteiger partial charge on any atom is -0.496 e. The topological polar surface area (TPSA) is 63.2 Å². The maximum atomic E-state index is 12.6. The number of anilines is 3. The van der Waals surface area contributed by atoms with Crippen molar-refractivity contribution < 1.29 is 22.7 Å². The van der Waals surface area contributed by atoms with Crippen LogP contribution in [0.4, 0.5) is 30.4 Å². The lowest BCUT2D eigenvalue weighted by molar-refractivity contribution is -0.137. The number of ether oxygens (including phenoxy) is 1. The molecule has 2 aromatic carbocycles. The molecule has 1 heterocycles. The molecule has 3 aromatic rings. The lowest BCUT2D eigenvalue weighted by atomic mass is 10.2. The van der Waals surface area contributed by atoms with Crippen molar-refractivity contribution in [2.75, 3.05) is 17.7 Å². The van der Waals surface area contributed by atoms with Gasteiger partial charge in [-0.2, -0.15) is 13.2 Å². The number of methoxy groups -OCH3 is 1. The number of pyridine rings is 1. The van der Waals surface area contributed by atoms with Gasteiger partial charge in [-0.15, -0.1) is 0 Å². The number of amides is 1. The molecular weight excluding hydrogens is 371 g/mol. The summed E-state index contributed by atoms with van der Waals surface area (Å²) in [4.78, 5) is 16.5. The van der Waals surface area contributed by atoms with Crippen LogP contribution in [0.15, 0.2) is 66.9 Å². The van der Waals surface area contributed by atoms with Crippen molar-refractivity contribution in [3.8, 4) is 5.75 Å². The van der Waals surface area contributed by atoms with E-state index in [0.717, 1.165) is 12.1 Å². The van der Waals surface area contributed by atoms with Crippen LogP contribution >= 0.6 is 0 Å². The van der Waals surface area contributed by atoms with Crippen LogP contribution in [-0.4, -0.2) is 18.0 Å². The lowest BCUT2D eigenvalue weighted by Gasteiger charge is -2.11. The van der Waals surface area contributed by atoms with E-state index in [4.69, 9.17) is 4.74 Å². The van der Waals surface area contributed by atoms with Crippen LogP contribution in [-0.2, 0) is 6.18 Å². The van der Waals surface area contributed by atoms with Crippen molar-refractivity contribution in [2.24, 2.45) is 0 Å². The summed E-state index contributed by atoms with van der Waals surface area (Å²) < 4.78 is 42.9. The third kappa shape index (κ3) is 4.59. The van der Waals surface area contributed by atoms with Gasteiger partial charge in [-0.3, -0.25) is 4.79 Å². The predicted octanol–water partition coefficient (Wildman–Crippen LogP) is 5.10. The van der Waals surface area contributed by atoms with Crippen LogP contribution < -0.4 is 15.4 Å². The Labute approximate surface area is 159 Å². The molecule has 144 valence electrons. The fourth-order valence-electron chi connectivity index (χ4n) is 2.46. The number of hydrogen-bond acceptors (Lipinski definition) is 4. The van der Waals surface area contributed by atoms with Crippen LogP contribution in [0.5, 0.6) is 5.75 Å². The van der Waals surface area contributed by atoms with Gasteiger partial charge < -0.3 is 15.4 Å². The first kappa shape index (κ1) is 19.2. The largest absolute Gasteiger partial charge is 0.496 e. The van der Waals surface area contributed by atoms with Crippen molar-refractivity contribution in [1.29, 1.82) is 0 Å². The van der Waals surface area contributed by atoms with E-state index in [9.17, 15) is 18.0 Å². The summed E-state index contributed by atoms with van der Waals surface area (Å²) in [5, 5.41) is 5.62. The van der Waals surface area contributed by atoms with E-state index < -0.39 is 11.7 Å². The third-order valence-electron chi connectivity index (χ3n) is 3.86. The Morgan fingerprint density at radius 1 is 0.964 bits per heavy atom. The summed E-state index contributed by atoms with van der Waals surface area (Å²) in [6, 6.07) is 14.7. The number of hydrogen-bond donors (Lipinski definition) is 2. The number of carbonyl (C=O) groups is 1. The molecule has 0 atom stereocenters. The summed E-state index contributed by atoms with van der Waals surface area (Å²) >= 11 is 0. The Bertz CT molecular complexity index is 956. The SMILES string of the molecule is COc1ccccc1C(=O)Nc1ccc(Nc2ccc(C(F)(F)F)cc2)nc1. The molecular formula is C20H16F3N3O2. The molecule has 5 nitrogen and oxygen atoms in total. The molecule has 2 N–H and O–H groups in total. The number of aromatic nitrogens is 1. The van der Waals surface area contributed by atoms with Gasteiger partial charge in [0.15, 0.2) is 0 Å². The van der Waals surface area contributed by atoms with Crippen LogP contribution in [0.2, 0.25) is 0 Å². The van der Waals surface area contributed by atoms with Crippen molar-refractivity contribution >= 4 is 23.1 Å². The minimum atomic E-state index is -4.38. The van der Waals surface area contributed by atoms with E-state index in [1.807, 2.05) is 0 Å². The minimum absolute atomic E-state index is 0.345. The number of para-hydroxylation sites is 1. The van der Waals surface area contributed by atoms with Gasteiger partial charge in [-0.05, 0) is 48.5 Å². The fraction of sp³-hybridized carbons (Fsp3) is 0.100. The van der Waals surface area contributed by atoms with Crippen molar-refractivity contribution in [2.45, 2.75) is 6.18 Å². The number of rotatable bonds is 5. The molecule has 8 heteroatoms. The van der Waals surface area contributed by atoms with Gasteiger partial charge in [-0.1, -0.05) is 12.1 Å². The van der Waals surface area contributed by atoms with Crippen LogP contribution in [0, 0.1) is 0 Å². The highest BCUT2D eigenvalue weighted by atomic mass is 19.4. The zero-order chi connectivity index (χ0) is 20.1. The highest BCUT2D eigenvalue weighted by Crippen LogP contribution is 2.30. The monoisotopic (exact) mass is 387 g/mol. The van der Waals surface area contributed by atoms with E-state index in [1.165, 1.54) is 25.4 Å². The molecule has 1 aromatic heterocycles. The molecule has 3 rings (SSSR count). The van der Waals surface area contributed by atoms with E-state index in [2.05, 4.69) is 15.6 Å². The third-order valence-corrected chi connectivity index (χ3v) is 3.86. The van der Waals surface area contributed by atoms with E-state index >= 15 is 0 Å². The van der Waals surface area contributed by atoms with Crippen LogP contribution in [0.3, 0.4) is 0 Å². The Morgan fingerprint density at radius 3 is 2.25 bits per heavy atom. The standard InChI is InChI=1S/C20H16F3N3O2/c1-28-17-5-3-2-4-16(17)19(27)26-15-10-11-18(24-12-15)25-14-8-6-13(7-9-14)20(21,22)23/h2-12H,1H3,(H,24,25)(H,26,27). The Hall–Kier alpha value is -3.55. The molecule has 0 aliphatic rings. The first-order chi connectivity index (χ1) is 13.4. The maximum absolute atomic E-state index is 12.6. The summed E-state index contributed by atoms with van der Waals surface area (Å²) in [5.41, 5.74) is 0.595. The number of nitrogens with zero attached hydrogens (tertiary/aromatic N) is 1. The summed E-state index contributed by atoms with van der Waals surface area (Å²) in [6.07, 6.45) is -2.93. The van der Waals surface area contributed by atoms with Gasteiger partial charge in [0.25, 0.3) is 5.91 Å². The highest BCUT2D eigenvalue weighted by Gasteiger charge is 2.29. The molecule has 0 radical (unpaired) electrons. The molecule has 0 spiro atoms. The second-order valence-electron chi connectivity index (χ2n) is 5.79. The van der Waals surface area contributed by atoms with Crippen LogP contribution in [0.1, 0.15) is 15.9 Å². The van der Waals surface area contributed by atoms with E-state index in [0.29, 0.717) is 28.5 Å². The second kappa shape index (κ2) is 7.99. The normalized spacial score (nSPS) is 11.0. The summed E-state index contributed by atoms with van der Waals surface area (Å²) in [7, 11) is 1.48. The van der Waals surface area contributed by atoms with Gasteiger partial charge in [-0.25, -0.2) is 4.98 Å². The zero-order valence-corrected chi connectivity index (χ0v) is 14.7. The van der Waals surface area contributed by atoms with Crippen LogP contribution in [0.25, 0.3) is 0 Å². The zero-order valence-electron chi connectivity index (χ0n) is 14.7. The van der Waals surface area contributed by atoms with Gasteiger partial charge in [0.2, 0.25) is 0 Å². The average molecular weight is 387 g/mol. The molecule has 0 saturated carbocycles. The van der Waals surface area contributed by atoms with Gasteiger partial charge in [0.1, 0.15) is 11.6 Å². The summed E-state index contributed by atoms with van der Waals surface area (Å²) in [6.45, 7) is 0.